The third-order valence-electron chi connectivity index (χ3n) is 2.04. The predicted molar refractivity (Wildman–Crippen MR) is 50.5 cm³/mol. The first-order valence-electron chi connectivity index (χ1n) is 4.22. The maximum absolute atomic E-state index is 11.3. The molecule has 0 N–H and O–H groups in total. The minimum atomic E-state index is -0.378. The van der Waals surface area contributed by atoms with Crippen LogP contribution in [0.15, 0.2) is 30.3 Å². The van der Waals surface area contributed by atoms with E-state index in [0.29, 0.717) is 0 Å². The number of hydrogen-bond acceptors (Lipinski definition) is 2. The lowest BCUT2D eigenvalue weighted by Crippen LogP contribution is -2.16. The van der Waals surface area contributed by atoms with Gasteiger partial charge in [-0.15, -0.1) is 0 Å². The van der Waals surface area contributed by atoms with E-state index in [9.17, 15) is 9.59 Å². The Balaban J connectivity index is 2.86. The molecule has 0 radical (unpaired) electrons. The number of carbonyl (C=O) groups excluding carboxylic acids is 2. The average molecular weight is 176 g/mol. The maximum atomic E-state index is 11.3. The van der Waals surface area contributed by atoms with Crippen molar-refractivity contribution in [3.8, 4) is 0 Å². The first-order valence-corrected chi connectivity index (χ1v) is 4.22. The van der Waals surface area contributed by atoms with Crippen molar-refractivity contribution in [1.82, 2.24) is 0 Å². The Morgan fingerprint density at radius 3 is 2.15 bits per heavy atom. The minimum absolute atomic E-state index is 0.321. The van der Waals surface area contributed by atoms with Gasteiger partial charge in [-0.3, -0.25) is 9.59 Å². The highest BCUT2D eigenvalue weighted by Gasteiger charge is 2.18. The van der Waals surface area contributed by atoms with Crippen molar-refractivity contribution in [2.24, 2.45) is 0 Å². The molecule has 0 aromatic heterocycles. The highest BCUT2D eigenvalue weighted by molar-refractivity contribution is 6.38. The first kappa shape index (κ1) is 9.65. The SMILES string of the molecule is CC(=O)C(=O)C(C)c1ccccc1. The van der Waals surface area contributed by atoms with E-state index in [1.54, 1.807) is 6.92 Å². The molecular weight excluding hydrogens is 164 g/mol. The lowest BCUT2D eigenvalue weighted by molar-refractivity contribution is -0.136. The van der Waals surface area contributed by atoms with Crippen LogP contribution < -0.4 is 0 Å². The van der Waals surface area contributed by atoms with Crippen molar-refractivity contribution in [2.45, 2.75) is 19.8 Å². The smallest absolute Gasteiger partial charge is 0.205 e. The fourth-order valence-corrected chi connectivity index (χ4v) is 1.20. The Hall–Kier alpha value is -1.44. The third-order valence-corrected chi connectivity index (χ3v) is 2.04. The molecule has 0 aliphatic rings. The molecule has 0 aliphatic carbocycles. The van der Waals surface area contributed by atoms with Gasteiger partial charge in [0.25, 0.3) is 0 Å². The van der Waals surface area contributed by atoms with Crippen LogP contribution >= 0.6 is 0 Å². The molecule has 0 saturated carbocycles. The molecule has 0 fully saturated rings. The first-order chi connectivity index (χ1) is 6.13. The summed E-state index contributed by atoms with van der Waals surface area (Å²) in [7, 11) is 0. The van der Waals surface area contributed by atoms with Crippen molar-refractivity contribution in [2.75, 3.05) is 0 Å². The van der Waals surface area contributed by atoms with Gasteiger partial charge in [-0.2, -0.15) is 0 Å². The summed E-state index contributed by atoms with van der Waals surface area (Å²) in [5.41, 5.74) is 0.891. The molecule has 1 unspecified atom stereocenters. The van der Waals surface area contributed by atoms with Crippen LogP contribution in [0.5, 0.6) is 0 Å². The van der Waals surface area contributed by atoms with Crippen LogP contribution in [0.1, 0.15) is 25.3 Å². The fraction of sp³-hybridized carbons (Fsp3) is 0.273. The van der Waals surface area contributed by atoms with E-state index in [1.165, 1.54) is 6.92 Å². The van der Waals surface area contributed by atoms with Crippen LogP contribution in [0.25, 0.3) is 0 Å². The van der Waals surface area contributed by atoms with Crippen LogP contribution in [0.2, 0.25) is 0 Å². The summed E-state index contributed by atoms with van der Waals surface area (Å²) < 4.78 is 0. The fourth-order valence-electron chi connectivity index (χ4n) is 1.20. The molecule has 2 heteroatoms. The van der Waals surface area contributed by atoms with Crippen LogP contribution in [0.4, 0.5) is 0 Å². The topological polar surface area (TPSA) is 34.1 Å². The second-order valence-electron chi connectivity index (χ2n) is 3.05. The van der Waals surface area contributed by atoms with Gasteiger partial charge in [-0.1, -0.05) is 37.3 Å². The van der Waals surface area contributed by atoms with Crippen molar-refractivity contribution in [1.29, 1.82) is 0 Å². The van der Waals surface area contributed by atoms with Crippen molar-refractivity contribution in [3.63, 3.8) is 0 Å². The molecule has 1 aromatic rings. The Morgan fingerprint density at radius 1 is 1.15 bits per heavy atom. The highest BCUT2D eigenvalue weighted by Crippen LogP contribution is 2.15. The monoisotopic (exact) mass is 176 g/mol. The molecule has 0 saturated heterocycles. The number of ketones is 2. The summed E-state index contributed by atoms with van der Waals surface area (Å²) in [4.78, 5) is 22.1. The van der Waals surface area contributed by atoms with Gasteiger partial charge >= 0.3 is 0 Å². The van der Waals surface area contributed by atoms with Gasteiger partial charge in [0, 0.05) is 12.8 Å². The summed E-state index contributed by atoms with van der Waals surface area (Å²) in [6, 6.07) is 9.31. The summed E-state index contributed by atoms with van der Waals surface area (Å²) >= 11 is 0. The van der Waals surface area contributed by atoms with Gasteiger partial charge < -0.3 is 0 Å². The molecule has 0 spiro atoms. The van der Waals surface area contributed by atoms with Gasteiger partial charge in [0.1, 0.15) is 0 Å². The molecule has 0 aliphatic heterocycles. The predicted octanol–water partition coefficient (Wildman–Crippen LogP) is 1.95. The Labute approximate surface area is 77.6 Å². The minimum Gasteiger partial charge on any atom is -0.291 e. The summed E-state index contributed by atoms with van der Waals surface area (Å²) in [6.07, 6.45) is 0. The van der Waals surface area contributed by atoms with E-state index in [-0.39, 0.29) is 17.5 Å². The highest BCUT2D eigenvalue weighted by atomic mass is 16.2. The second-order valence-corrected chi connectivity index (χ2v) is 3.05. The van der Waals surface area contributed by atoms with Crippen LogP contribution in [-0.2, 0) is 9.59 Å². The Kier molecular flexibility index (Phi) is 2.96. The Bertz CT molecular complexity index is 314. The molecule has 2 nitrogen and oxygen atoms in total. The number of carbonyl (C=O) groups is 2. The normalized spacial score (nSPS) is 12.2. The number of rotatable bonds is 3. The van der Waals surface area contributed by atoms with E-state index in [1.807, 2.05) is 30.3 Å². The standard InChI is InChI=1S/C11H12O2/c1-8(11(13)9(2)12)10-6-4-3-5-7-10/h3-8H,1-2H3. The van der Waals surface area contributed by atoms with E-state index in [2.05, 4.69) is 0 Å². The molecule has 1 rings (SSSR count). The van der Waals surface area contributed by atoms with E-state index < -0.39 is 0 Å². The zero-order chi connectivity index (χ0) is 9.84. The molecule has 1 aromatic carbocycles. The number of hydrogen-bond donors (Lipinski definition) is 0. The molecule has 0 bridgehead atoms. The van der Waals surface area contributed by atoms with Crippen molar-refractivity contribution in [3.05, 3.63) is 35.9 Å². The molecule has 13 heavy (non-hydrogen) atoms. The van der Waals surface area contributed by atoms with Crippen LogP contribution in [0, 0.1) is 0 Å². The van der Waals surface area contributed by atoms with E-state index >= 15 is 0 Å². The maximum Gasteiger partial charge on any atom is 0.205 e. The quantitative estimate of drug-likeness (QED) is 0.659. The van der Waals surface area contributed by atoms with Crippen LogP contribution in [0.3, 0.4) is 0 Å². The van der Waals surface area contributed by atoms with Gasteiger partial charge in [0.15, 0.2) is 5.78 Å². The lowest BCUT2D eigenvalue weighted by Gasteiger charge is -2.07. The number of Topliss-reactive ketones (excluding diaryl/α,β-unsaturated/α-hetero) is 2. The van der Waals surface area contributed by atoms with Gasteiger partial charge in [-0.05, 0) is 5.56 Å². The molecular formula is C11H12O2. The lowest BCUT2D eigenvalue weighted by atomic mass is 9.95. The van der Waals surface area contributed by atoms with E-state index in [0.717, 1.165) is 5.56 Å². The largest absolute Gasteiger partial charge is 0.291 e. The number of benzene rings is 1. The van der Waals surface area contributed by atoms with Crippen molar-refractivity contribution < 1.29 is 9.59 Å². The molecule has 0 amide bonds. The molecule has 68 valence electrons. The summed E-state index contributed by atoms with van der Waals surface area (Å²) in [5.74, 6) is -1.03. The average Bonchev–Trinajstić information content (AvgIpc) is 2.17. The summed E-state index contributed by atoms with van der Waals surface area (Å²) in [5, 5.41) is 0. The molecule has 1 atom stereocenters. The van der Waals surface area contributed by atoms with Gasteiger partial charge in [-0.25, -0.2) is 0 Å². The zero-order valence-electron chi connectivity index (χ0n) is 7.78. The van der Waals surface area contributed by atoms with Crippen molar-refractivity contribution >= 4 is 11.6 Å². The van der Waals surface area contributed by atoms with Crippen LogP contribution in [-0.4, -0.2) is 11.6 Å². The zero-order valence-corrected chi connectivity index (χ0v) is 7.78. The van der Waals surface area contributed by atoms with E-state index in [4.69, 9.17) is 0 Å². The third kappa shape index (κ3) is 2.25. The molecule has 0 heterocycles. The Morgan fingerprint density at radius 2 is 1.69 bits per heavy atom. The second kappa shape index (κ2) is 3.99. The van der Waals surface area contributed by atoms with Gasteiger partial charge in [0.05, 0.1) is 0 Å². The summed E-state index contributed by atoms with van der Waals surface area (Å²) in [6.45, 7) is 3.06. The van der Waals surface area contributed by atoms with Gasteiger partial charge in [0.2, 0.25) is 5.78 Å².